The first-order valence-corrected chi connectivity index (χ1v) is 17.1. The fourth-order valence-corrected chi connectivity index (χ4v) is 7.01. The Hall–Kier alpha value is -3.18. The summed E-state index contributed by atoms with van der Waals surface area (Å²) in [6, 6.07) is 14.3. The Morgan fingerprint density at radius 3 is 2.28 bits per heavy atom. The van der Waals surface area contributed by atoms with Crippen LogP contribution in [-0.2, 0) is 20.9 Å². The lowest BCUT2D eigenvalue weighted by Crippen LogP contribution is -2.75. The minimum atomic E-state index is -0.906. The number of likely N-dealkylation sites (tertiary alicyclic amines) is 1. The van der Waals surface area contributed by atoms with Crippen molar-refractivity contribution < 1.29 is 29.0 Å². The molecule has 1 aliphatic carbocycles. The van der Waals surface area contributed by atoms with E-state index in [-0.39, 0.29) is 36.0 Å². The molecule has 3 heterocycles. The molecule has 11 heteroatoms. The number of aliphatic hydroxyl groups excluding tert-OH is 1. The van der Waals surface area contributed by atoms with Gasteiger partial charge in [0.15, 0.2) is 0 Å². The topological polar surface area (TPSA) is 120 Å². The van der Waals surface area contributed by atoms with Crippen molar-refractivity contribution in [3.05, 3.63) is 59.7 Å². The number of carbonyl (C=O) groups is 3. The van der Waals surface area contributed by atoms with E-state index >= 15 is 0 Å². The van der Waals surface area contributed by atoms with E-state index in [2.05, 4.69) is 22.5 Å². The second kappa shape index (κ2) is 15.8. The standard InChI is InChI=1S/C36H48N4O6.ClH/c1-2-3-18-40-34(43)31(32(41)27-14-21-45-22-15-27)38-35(44)36(40)16-19-39(20-17-36)24-26-6-10-29(11-7-26)46-30-12-8-28(9-13-30)33(42)37-23-25-4-5-25;/h6-13,25,27,31-32,41H,2-5,14-24H2,1H3,(H,37,42)(H,38,44);1H/t31-,32?;/m1./s1. The predicted molar refractivity (Wildman–Crippen MR) is 181 cm³/mol. The van der Waals surface area contributed by atoms with Gasteiger partial charge in [0.1, 0.15) is 23.1 Å². The van der Waals surface area contributed by atoms with Crippen LogP contribution in [0.5, 0.6) is 11.5 Å². The summed E-state index contributed by atoms with van der Waals surface area (Å²) in [5.41, 5.74) is 0.889. The summed E-state index contributed by atoms with van der Waals surface area (Å²) in [6.45, 7) is 6.61. The average molecular weight is 669 g/mol. The zero-order chi connectivity index (χ0) is 32.1. The van der Waals surface area contributed by atoms with Gasteiger partial charge in [-0.05, 0) is 98.7 Å². The Morgan fingerprint density at radius 2 is 1.66 bits per heavy atom. The van der Waals surface area contributed by atoms with Gasteiger partial charge >= 0.3 is 0 Å². The summed E-state index contributed by atoms with van der Waals surface area (Å²) in [5.74, 6) is 1.64. The van der Waals surface area contributed by atoms with Crippen LogP contribution in [0.15, 0.2) is 48.5 Å². The minimum absolute atomic E-state index is 0. The molecule has 256 valence electrons. The zero-order valence-corrected chi connectivity index (χ0v) is 28.1. The lowest BCUT2D eigenvalue weighted by atomic mass is 9.79. The van der Waals surface area contributed by atoms with Gasteiger partial charge in [-0.3, -0.25) is 19.3 Å². The highest BCUT2D eigenvalue weighted by Crippen LogP contribution is 2.36. The van der Waals surface area contributed by atoms with Crippen molar-refractivity contribution in [1.82, 2.24) is 20.4 Å². The molecule has 10 nitrogen and oxygen atoms in total. The van der Waals surface area contributed by atoms with Crippen LogP contribution in [0.1, 0.15) is 74.2 Å². The molecule has 4 aliphatic rings. The number of benzene rings is 2. The smallest absolute Gasteiger partial charge is 0.251 e. The molecule has 1 unspecified atom stereocenters. The van der Waals surface area contributed by atoms with Crippen molar-refractivity contribution >= 4 is 30.1 Å². The fraction of sp³-hybridized carbons (Fsp3) is 0.583. The number of rotatable bonds is 12. The number of piperazine rings is 1. The van der Waals surface area contributed by atoms with Crippen LogP contribution in [0.3, 0.4) is 0 Å². The van der Waals surface area contributed by atoms with Gasteiger partial charge in [-0.15, -0.1) is 12.4 Å². The number of aliphatic hydroxyl groups is 1. The van der Waals surface area contributed by atoms with Gasteiger partial charge in [0.05, 0.1) is 6.10 Å². The molecule has 2 aromatic carbocycles. The Balaban J connectivity index is 0.00000433. The predicted octanol–water partition coefficient (Wildman–Crippen LogP) is 4.29. The summed E-state index contributed by atoms with van der Waals surface area (Å²) in [6.07, 6.45) is 5.74. The molecule has 1 saturated carbocycles. The van der Waals surface area contributed by atoms with Gasteiger partial charge in [0.2, 0.25) is 11.8 Å². The van der Waals surface area contributed by atoms with E-state index in [9.17, 15) is 19.5 Å². The number of piperidine rings is 1. The van der Waals surface area contributed by atoms with E-state index in [1.54, 1.807) is 17.0 Å². The van der Waals surface area contributed by atoms with E-state index in [0.29, 0.717) is 81.5 Å². The summed E-state index contributed by atoms with van der Waals surface area (Å²) in [5, 5.41) is 17.1. The van der Waals surface area contributed by atoms with Gasteiger partial charge in [0, 0.05) is 51.5 Å². The van der Waals surface area contributed by atoms with Gasteiger partial charge in [-0.2, -0.15) is 0 Å². The maximum absolute atomic E-state index is 13.8. The van der Waals surface area contributed by atoms with Gasteiger partial charge in [-0.1, -0.05) is 25.5 Å². The van der Waals surface area contributed by atoms with E-state index < -0.39 is 17.7 Å². The number of unbranched alkanes of at least 4 members (excludes halogenated alkanes) is 1. The van der Waals surface area contributed by atoms with Crippen LogP contribution in [0.4, 0.5) is 0 Å². The number of ether oxygens (including phenoxy) is 2. The molecule has 0 aromatic heterocycles. The van der Waals surface area contributed by atoms with E-state index in [1.165, 1.54) is 12.8 Å². The maximum atomic E-state index is 13.8. The highest BCUT2D eigenvalue weighted by molar-refractivity contribution is 6.00. The third-order valence-electron chi connectivity index (χ3n) is 10.2. The van der Waals surface area contributed by atoms with Gasteiger partial charge in [0.25, 0.3) is 5.91 Å². The molecule has 2 aromatic rings. The van der Waals surface area contributed by atoms with E-state index in [0.717, 1.165) is 31.5 Å². The molecule has 0 radical (unpaired) electrons. The lowest BCUT2D eigenvalue weighted by Gasteiger charge is -2.52. The number of halogens is 1. The molecule has 3 aliphatic heterocycles. The van der Waals surface area contributed by atoms with Crippen molar-refractivity contribution in [2.45, 2.75) is 82.5 Å². The average Bonchev–Trinajstić information content (AvgIpc) is 3.92. The van der Waals surface area contributed by atoms with Crippen LogP contribution in [0, 0.1) is 11.8 Å². The molecule has 1 spiro atoms. The molecule has 6 rings (SSSR count). The quantitative estimate of drug-likeness (QED) is 0.309. The van der Waals surface area contributed by atoms with Crippen molar-refractivity contribution in [3.63, 3.8) is 0 Å². The molecule has 4 fully saturated rings. The summed E-state index contributed by atoms with van der Waals surface area (Å²) in [7, 11) is 0. The third-order valence-corrected chi connectivity index (χ3v) is 10.2. The number of carbonyl (C=O) groups excluding carboxylic acids is 3. The van der Waals surface area contributed by atoms with Crippen molar-refractivity contribution in [3.8, 4) is 11.5 Å². The molecule has 3 saturated heterocycles. The number of nitrogens with zero attached hydrogens (tertiary/aromatic N) is 2. The van der Waals surface area contributed by atoms with Crippen LogP contribution in [0.2, 0.25) is 0 Å². The Bertz CT molecular complexity index is 1350. The van der Waals surface area contributed by atoms with Crippen LogP contribution in [0.25, 0.3) is 0 Å². The maximum Gasteiger partial charge on any atom is 0.251 e. The number of hydrogen-bond donors (Lipinski definition) is 3. The minimum Gasteiger partial charge on any atom is -0.457 e. The third kappa shape index (κ3) is 8.28. The highest BCUT2D eigenvalue weighted by atomic mass is 35.5. The lowest BCUT2D eigenvalue weighted by molar-refractivity contribution is -0.166. The Labute approximate surface area is 284 Å². The second-order valence-corrected chi connectivity index (χ2v) is 13.5. The summed E-state index contributed by atoms with van der Waals surface area (Å²) < 4.78 is 11.5. The van der Waals surface area contributed by atoms with Crippen LogP contribution < -0.4 is 15.4 Å². The Kier molecular flexibility index (Phi) is 11.8. The molecule has 0 bridgehead atoms. The SMILES string of the molecule is CCCCN1C(=O)[C@@H](C(O)C2CCOCC2)NC(=O)C12CCN(Cc1ccc(Oc3ccc(C(=O)NCC4CC4)cc3)cc1)CC2.Cl. The Morgan fingerprint density at radius 1 is 1.02 bits per heavy atom. The summed E-state index contributed by atoms with van der Waals surface area (Å²) >= 11 is 0. The number of amides is 3. The number of nitrogens with one attached hydrogen (secondary N) is 2. The largest absolute Gasteiger partial charge is 0.457 e. The van der Waals surface area contributed by atoms with Crippen LogP contribution in [-0.4, -0.2) is 89.7 Å². The molecule has 3 N–H and O–H groups in total. The first-order valence-electron chi connectivity index (χ1n) is 17.1. The first-order chi connectivity index (χ1) is 22.4. The molecular weight excluding hydrogens is 620 g/mol. The van der Waals surface area contributed by atoms with Crippen LogP contribution >= 0.6 is 12.4 Å². The summed E-state index contributed by atoms with van der Waals surface area (Å²) in [4.78, 5) is 44.0. The van der Waals surface area contributed by atoms with Gasteiger partial charge in [-0.25, -0.2) is 0 Å². The molecule has 2 atom stereocenters. The second-order valence-electron chi connectivity index (χ2n) is 13.5. The van der Waals surface area contributed by atoms with E-state index in [1.807, 2.05) is 36.4 Å². The zero-order valence-electron chi connectivity index (χ0n) is 27.3. The monoisotopic (exact) mass is 668 g/mol. The van der Waals surface area contributed by atoms with Crippen molar-refractivity contribution in [2.75, 3.05) is 39.4 Å². The van der Waals surface area contributed by atoms with Crippen molar-refractivity contribution in [2.24, 2.45) is 11.8 Å². The highest BCUT2D eigenvalue weighted by Gasteiger charge is 2.55. The molecule has 3 amide bonds. The molecule has 47 heavy (non-hydrogen) atoms. The van der Waals surface area contributed by atoms with Crippen molar-refractivity contribution in [1.29, 1.82) is 0 Å². The number of hydrogen-bond acceptors (Lipinski definition) is 7. The van der Waals surface area contributed by atoms with E-state index in [4.69, 9.17) is 9.47 Å². The first kappa shape index (κ1) is 35.1. The fourth-order valence-electron chi connectivity index (χ4n) is 7.01. The normalized spacial score (nSPS) is 22.3. The molecular formula is C36H49ClN4O6. The van der Waals surface area contributed by atoms with Gasteiger partial charge < -0.3 is 30.1 Å².